The van der Waals surface area contributed by atoms with Gasteiger partial charge in [-0.2, -0.15) is 0 Å². The quantitative estimate of drug-likeness (QED) is 0.122. The van der Waals surface area contributed by atoms with Gasteiger partial charge < -0.3 is 10.8 Å². The number of nitrogens with two attached hydrogens (primary N) is 1. The molecule has 0 aromatic rings. The van der Waals surface area contributed by atoms with Crippen LogP contribution >= 0.6 is 0 Å². The number of carboxylic acids is 1. The number of quaternary nitrogens is 1. The molecule has 0 aromatic carbocycles. The zero-order valence-corrected chi connectivity index (χ0v) is 20.1. The van der Waals surface area contributed by atoms with Crippen molar-refractivity contribution in [2.75, 3.05) is 19.6 Å². The number of amidine groups is 1. The van der Waals surface area contributed by atoms with Crippen molar-refractivity contribution in [1.82, 2.24) is 0 Å². The molecule has 1 atom stereocenters. The van der Waals surface area contributed by atoms with Crippen LogP contribution in [0.2, 0.25) is 0 Å². The van der Waals surface area contributed by atoms with E-state index in [4.69, 9.17) is 5.73 Å². The Morgan fingerprint density at radius 1 is 0.935 bits per heavy atom. The van der Waals surface area contributed by atoms with Gasteiger partial charge in [0.2, 0.25) is 5.84 Å². The van der Waals surface area contributed by atoms with E-state index in [1.54, 1.807) is 6.20 Å². The van der Waals surface area contributed by atoms with Crippen molar-refractivity contribution >= 4 is 11.8 Å². The molecule has 1 unspecified atom stereocenters. The number of unbranched alkanes of at least 4 members (excludes halogenated alkanes) is 13. The summed E-state index contributed by atoms with van der Waals surface area (Å²) < 4.78 is 0.286. The van der Waals surface area contributed by atoms with E-state index >= 15 is 0 Å². The zero-order valence-electron chi connectivity index (χ0n) is 20.1. The van der Waals surface area contributed by atoms with Crippen LogP contribution in [0.15, 0.2) is 29.5 Å². The standard InChI is InChI=1S/C26H47N3O2/c1-2-3-4-5-6-7-8-9-10-11-12-13-14-15-16-17-18-19-25-28-21-23-29(25,22-20-27)24-26(30)31/h15-16,21,23H,2-14,17-20,22,24,27H2,1H3/p+1/b16-15+. The highest BCUT2D eigenvalue weighted by Gasteiger charge is 2.36. The molecule has 0 amide bonds. The van der Waals surface area contributed by atoms with Gasteiger partial charge in [-0.05, 0) is 25.7 Å². The molecule has 1 aliphatic heterocycles. The Morgan fingerprint density at radius 3 is 2.03 bits per heavy atom. The molecule has 0 aliphatic carbocycles. The molecule has 1 rings (SSSR count). The van der Waals surface area contributed by atoms with Gasteiger partial charge in [-0.15, -0.1) is 0 Å². The molecule has 3 N–H and O–H groups in total. The zero-order chi connectivity index (χ0) is 22.6. The van der Waals surface area contributed by atoms with Gasteiger partial charge in [-0.3, -0.25) is 0 Å². The first kappa shape index (κ1) is 27.6. The second-order valence-corrected chi connectivity index (χ2v) is 8.98. The van der Waals surface area contributed by atoms with E-state index < -0.39 is 5.97 Å². The van der Waals surface area contributed by atoms with Gasteiger partial charge in [0.15, 0.2) is 6.54 Å². The van der Waals surface area contributed by atoms with Gasteiger partial charge in [0.05, 0.1) is 6.20 Å². The third kappa shape index (κ3) is 12.9. The highest BCUT2D eigenvalue weighted by Crippen LogP contribution is 2.20. The first-order chi connectivity index (χ1) is 15.1. The maximum atomic E-state index is 11.3. The minimum absolute atomic E-state index is 0.0291. The number of nitrogens with zero attached hydrogens (tertiary/aromatic N) is 2. The highest BCUT2D eigenvalue weighted by atomic mass is 16.4. The summed E-state index contributed by atoms with van der Waals surface area (Å²) in [5.41, 5.74) is 5.72. The lowest BCUT2D eigenvalue weighted by Crippen LogP contribution is -2.52. The van der Waals surface area contributed by atoms with Crippen LogP contribution in [0.1, 0.15) is 110 Å². The fourth-order valence-corrected chi connectivity index (χ4v) is 4.35. The summed E-state index contributed by atoms with van der Waals surface area (Å²) in [6.45, 7) is 3.35. The Morgan fingerprint density at radius 2 is 1.48 bits per heavy atom. The monoisotopic (exact) mass is 434 g/mol. The van der Waals surface area contributed by atoms with Crippen molar-refractivity contribution in [3.05, 3.63) is 24.6 Å². The van der Waals surface area contributed by atoms with Crippen molar-refractivity contribution in [3.63, 3.8) is 0 Å². The van der Waals surface area contributed by atoms with E-state index in [0.29, 0.717) is 13.1 Å². The normalized spacial score (nSPS) is 18.2. The van der Waals surface area contributed by atoms with Crippen LogP contribution in [0, 0.1) is 0 Å². The summed E-state index contributed by atoms with van der Waals surface area (Å²) in [5.74, 6) is 0.122. The molecule has 0 saturated heterocycles. The van der Waals surface area contributed by atoms with Crippen molar-refractivity contribution in [1.29, 1.82) is 0 Å². The molecule has 5 nitrogen and oxygen atoms in total. The Kier molecular flexibility index (Phi) is 16.1. The minimum atomic E-state index is -0.810. The molecule has 1 heterocycles. The molecule has 1 aliphatic rings. The lowest BCUT2D eigenvalue weighted by Gasteiger charge is -2.30. The molecule has 0 radical (unpaired) electrons. The van der Waals surface area contributed by atoms with Crippen LogP contribution in [-0.4, -0.2) is 41.0 Å². The molecule has 5 heteroatoms. The number of carboxylic acid groups (broad SMARTS) is 1. The predicted molar refractivity (Wildman–Crippen MR) is 132 cm³/mol. The summed E-state index contributed by atoms with van der Waals surface area (Å²) in [6, 6.07) is 0. The molecular weight excluding hydrogens is 386 g/mol. The summed E-state index contributed by atoms with van der Waals surface area (Å²) in [5, 5.41) is 9.25. The summed E-state index contributed by atoms with van der Waals surface area (Å²) >= 11 is 0. The van der Waals surface area contributed by atoms with E-state index in [1.165, 1.54) is 83.5 Å². The Hall–Kier alpha value is -1.46. The van der Waals surface area contributed by atoms with Gasteiger partial charge in [-0.25, -0.2) is 14.3 Å². The summed E-state index contributed by atoms with van der Waals surface area (Å²) in [6.07, 6.45) is 28.9. The lowest BCUT2D eigenvalue weighted by atomic mass is 10.0. The second-order valence-electron chi connectivity index (χ2n) is 8.98. The average Bonchev–Trinajstić information content (AvgIpc) is 3.11. The van der Waals surface area contributed by atoms with E-state index in [-0.39, 0.29) is 11.0 Å². The number of allylic oxidation sites excluding steroid dienone is 2. The maximum Gasteiger partial charge on any atom is 0.360 e. The van der Waals surface area contributed by atoms with Gasteiger partial charge >= 0.3 is 5.97 Å². The van der Waals surface area contributed by atoms with Crippen LogP contribution in [0.4, 0.5) is 0 Å². The summed E-state index contributed by atoms with van der Waals surface area (Å²) in [7, 11) is 0. The lowest BCUT2D eigenvalue weighted by molar-refractivity contribution is -0.778. The minimum Gasteiger partial charge on any atom is -0.477 e. The molecule has 0 spiro atoms. The SMILES string of the molecule is CCCCCCCCCCCCCC/C=C/CCCC1=NC=C[N+]1(CCN)CC(=O)O. The highest BCUT2D eigenvalue weighted by molar-refractivity contribution is 5.81. The third-order valence-electron chi connectivity index (χ3n) is 6.20. The largest absolute Gasteiger partial charge is 0.477 e. The molecule has 0 bridgehead atoms. The van der Waals surface area contributed by atoms with E-state index in [0.717, 1.165) is 25.1 Å². The smallest absolute Gasteiger partial charge is 0.360 e. The number of aliphatic imine (C=N–C) groups is 1. The topological polar surface area (TPSA) is 75.7 Å². The van der Waals surface area contributed by atoms with Gasteiger partial charge in [0.25, 0.3) is 0 Å². The van der Waals surface area contributed by atoms with Crippen molar-refractivity contribution < 1.29 is 14.4 Å². The molecular formula is C26H48N3O2+. The second kappa shape index (κ2) is 18.1. The van der Waals surface area contributed by atoms with Crippen LogP contribution in [0.25, 0.3) is 0 Å². The Labute approximate surface area is 191 Å². The van der Waals surface area contributed by atoms with Gasteiger partial charge in [-0.1, -0.05) is 89.7 Å². The Balaban J connectivity index is 1.99. The number of hydrogen-bond acceptors (Lipinski definition) is 3. The fourth-order valence-electron chi connectivity index (χ4n) is 4.35. The molecule has 0 fully saturated rings. The maximum absolute atomic E-state index is 11.3. The van der Waals surface area contributed by atoms with Crippen molar-refractivity contribution in [2.24, 2.45) is 10.7 Å². The third-order valence-corrected chi connectivity index (χ3v) is 6.20. The Bertz CT molecular complexity index is 557. The first-order valence-electron chi connectivity index (χ1n) is 12.8. The predicted octanol–water partition coefficient (Wildman–Crippen LogP) is 6.55. The van der Waals surface area contributed by atoms with E-state index in [2.05, 4.69) is 24.1 Å². The van der Waals surface area contributed by atoms with Gasteiger partial charge in [0, 0.05) is 13.0 Å². The number of aliphatic carboxylic acids is 1. The van der Waals surface area contributed by atoms with E-state index in [1.807, 2.05) is 6.20 Å². The molecule has 0 saturated carbocycles. The van der Waals surface area contributed by atoms with Crippen LogP contribution in [0.5, 0.6) is 0 Å². The first-order valence-corrected chi connectivity index (χ1v) is 12.8. The number of hydrogen-bond donors (Lipinski definition) is 2. The van der Waals surface area contributed by atoms with E-state index in [9.17, 15) is 9.90 Å². The van der Waals surface area contributed by atoms with Crippen LogP contribution < -0.4 is 5.73 Å². The van der Waals surface area contributed by atoms with Crippen LogP contribution in [-0.2, 0) is 4.79 Å². The molecule has 31 heavy (non-hydrogen) atoms. The van der Waals surface area contributed by atoms with Crippen molar-refractivity contribution in [3.8, 4) is 0 Å². The number of rotatable bonds is 21. The average molecular weight is 435 g/mol. The molecule has 178 valence electrons. The van der Waals surface area contributed by atoms with Crippen LogP contribution in [0.3, 0.4) is 0 Å². The number of carbonyl (C=O) groups is 1. The fraction of sp³-hybridized carbons (Fsp3) is 0.769. The van der Waals surface area contributed by atoms with Crippen molar-refractivity contribution in [2.45, 2.75) is 110 Å². The van der Waals surface area contributed by atoms with Gasteiger partial charge in [0.1, 0.15) is 12.7 Å². The molecule has 0 aromatic heterocycles. The summed E-state index contributed by atoms with van der Waals surface area (Å²) in [4.78, 5) is 15.7.